The second-order valence-corrected chi connectivity index (χ2v) is 4.69. The van der Waals surface area contributed by atoms with Gasteiger partial charge in [0.1, 0.15) is 0 Å². The SMILES string of the molecule is CN(C)[C@@]1([C@@H](N)c2ccccc2)CCOC1. The van der Waals surface area contributed by atoms with Gasteiger partial charge in [-0.2, -0.15) is 0 Å². The lowest BCUT2D eigenvalue weighted by Gasteiger charge is -2.40. The van der Waals surface area contributed by atoms with Gasteiger partial charge in [-0.15, -0.1) is 0 Å². The van der Waals surface area contributed by atoms with E-state index in [9.17, 15) is 0 Å². The maximum absolute atomic E-state index is 6.41. The molecule has 3 nitrogen and oxygen atoms in total. The third-order valence-electron chi connectivity index (χ3n) is 3.66. The molecular weight excluding hydrogens is 200 g/mol. The van der Waals surface area contributed by atoms with Crippen molar-refractivity contribution in [1.29, 1.82) is 0 Å². The molecule has 88 valence electrons. The van der Waals surface area contributed by atoms with Crippen LogP contribution in [-0.4, -0.2) is 37.7 Å². The Hall–Kier alpha value is -0.900. The molecule has 16 heavy (non-hydrogen) atoms. The zero-order valence-electron chi connectivity index (χ0n) is 10.0. The van der Waals surface area contributed by atoms with Crippen molar-refractivity contribution in [3.8, 4) is 0 Å². The second kappa shape index (κ2) is 4.53. The molecule has 2 atom stereocenters. The van der Waals surface area contributed by atoms with Crippen LogP contribution < -0.4 is 5.73 Å². The van der Waals surface area contributed by atoms with E-state index in [4.69, 9.17) is 10.5 Å². The lowest BCUT2D eigenvalue weighted by atomic mass is 9.84. The molecule has 3 heteroatoms. The van der Waals surface area contributed by atoms with Gasteiger partial charge < -0.3 is 10.5 Å². The lowest BCUT2D eigenvalue weighted by molar-refractivity contribution is 0.0854. The fraction of sp³-hybridized carbons (Fsp3) is 0.538. The number of rotatable bonds is 3. The lowest BCUT2D eigenvalue weighted by Crippen LogP contribution is -2.52. The van der Waals surface area contributed by atoms with Gasteiger partial charge in [-0.25, -0.2) is 0 Å². The molecule has 0 spiro atoms. The Morgan fingerprint density at radius 3 is 2.50 bits per heavy atom. The molecule has 0 radical (unpaired) electrons. The van der Waals surface area contributed by atoms with Gasteiger partial charge in [0.05, 0.1) is 18.2 Å². The van der Waals surface area contributed by atoms with Gasteiger partial charge in [0, 0.05) is 6.61 Å². The standard InChI is InChI=1S/C13H20N2O/c1-15(2)13(8-9-16-10-13)12(14)11-6-4-3-5-7-11/h3-7,12H,8-10,14H2,1-2H3/t12-,13-/m0/s1. The largest absolute Gasteiger partial charge is 0.379 e. The molecule has 0 amide bonds. The van der Waals surface area contributed by atoms with Crippen molar-refractivity contribution in [1.82, 2.24) is 4.90 Å². The number of nitrogens with two attached hydrogens (primary N) is 1. The molecular formula is C13H20N2O. The number of ether oxygens (including phenoxy) is 1. The van der Waals surface area contributed by atoms with E-state index in [2.05, 4.69) is 31.1 Å². The zero-order chi connectivity index (χ0) is 11.6. The van der Waals surface area contributed by atoms with Crippen molar-refractivity contribution >= 4 is 0 Å². The van der Waals surface area contributed by atoms with Crippen molar-refractivity contribution in [3.63, 3.8) is 0 Å². The number of likely N-dealkylation sites (N-methyl/N-ethyl adjacent to an activating group) is 1. The number of hydrogen-bond acceptors (Lipinski definition) is 3. The first-order valence-electron chi connectivity index (χ1n) is 5.72. The van der Waals surface area contributed by atoms with E-state index in [0.717, 1.165) is 19.6 Å². The summed E-state index contributed by atoms with van der Waals surface area (Å²) < 4.78 is 5.54. The first kappa shape index (κ1) is 11.6. The number of nitrogens with zero attached hydrogens (tertiary/aromatic N) is 1. The Morgan fingerprint density at radius 1 is 1.31 bits per heavy atom. The fourth-order valence-electron chi connectivity index (χ4n) is 2.42. The summed E-state index contributed by atoms with van der Waals surface area (Å²) in [6, 6.07) is 10.3. The normalized spacial score (nSPS) is 27.2. The summed E-state index contributed by atoms with van der Waals surface area (Å²) in [7, 11) is 4.16. The molecule has 0 aromatic heterocycles. The van der Waals surface area contributed by atoms with Crippen molar-refractivity contribution in [3.05, 3.63) is 35.9 Å². The van der Waals surface area contributed by atoms with Crippen LogP contribution in [0.5, 0.6) is 0 Å². The Labute approximate surface area is 97.2 Å². The second-order valence-electron chi connectivity index (χ2n) is 4.69. The molecule has 0 bridgehead atoms. The third-order valence-corrected chi connectivity index (χ3v) is 3.66. The predicted molar refractivity (Wildman–Crippen MR) is 65.2 cm³/mol. The van der Waals surface area contributed by atoms with Crippen LogP contribution in [0.4, 0.5) is 0 Å². The first-order chi connectivity index (χ1) is 7.67. The maximum Gasteiger partial charge on any atom is 0.0669 e. The van der Waals surface area contributed by atoms with E-state index in [1.165, 1.54) is 5.56 Å². The highest BCUT2D eigenvalue weighted by molar-refractivity contribution is 5.23. The van der Waals surface area contributed by atoms with E-state index < -0.39 is 0 Å². The summed E-state index contributed by atoms with van der Waals surface area (Å²) in [5.74, 6) is 0. The van der Waals surface area contributed by atoms with Gasteiger partial charge in [-0.3, -0.25) is 4.90 Å². The minimum Gasteiger partial charge on any atom is -0.379 e. The Kier molecular flexibility index (Phi) is 3.28. The van der Waals surface area contributed by atoms with Gasteiger partial charge in [0.15, 0.2) is 0 Å². The van der Waals surface area contributed by atoms with Crippen molar-refractivity contribution in [2.75, 3.05) is 27.3 Å². The monoisotopic (exact) mass is 220 g/mol. The topological polar surface area (TPSA) is 38.5 Å². The first-order valence-corrected chi connectivity index (χ1v) is 5.72. The van der Waals surface area contributed by atoms with E-state index in [1.54, 1.807) is 0 Å². The van der Waals surface area contributed by atoms with E-state index in [1.807, 2.05) is 18.2 Å². The maximum atomic E-state index is 6.41. The predicted octanol–water partition coefficient (Wildman–Crippen LogP) is 1.41. The summed E-state index contributed by atoms with van der Waals surface area (Å²) >= 11 is 0. The highest BCUT2D eigenvalue weighted by atomic mass is 16.5. The molecule has 0 saturated carbocycles. The van der Waals surface area contributed by atoms with Crippen molar-refractivity contribution < 1.29 is 4.74 Å². The molecule has 1 heterocycles. The van der Waals surface area contributed by atoms with Crippen LogP contribution in [0, 0.1) is 0 Å². The van der Waals surface area contributed by atoms with Crippen LogP contribution in [-0.2, 0) is 4.74 Å². The molecule has 1 aromatic rings. The van der Waals surface area contributed by atoms with Crippen LogP contribution in [0.2, 0.25) is 0 Å². The van der Waals surface area contributed by atoms with Crippen molar-refractivity contribution in [2.24, 2.45) is 5.73 Å². The van der Waals surface area contributed by atoms with Gasteiger partial charge in [-0.05, 0) is 26.1 Å². The fourth-order valence-corrected chi connectivity index (χ4v) is 2.42. The van der Waals surface area contributed by atoms with Crippen LogP contribution in [0.15, 0.2) is 30.3 Å². The smallest absolute Gasteiger partial charge is 0.0669 e. The molecule has 2 N–H and O–H groups in total. The summed E-state index contributed by atoms with van der Waals surface area (Å²) in [6.45, 7) is 1.52. The van der Waals surface area contributed by atoms with E-state index in [-0.39, 0.29) is 11.6 Å². The van der Waals surface area contributed by atoms with Crippen LogP contribution in [0.3, 0.4) is 0 Å². The average Bonchev–Trinajstić information content (AvgIpc) is 2.79. The molecule has 1 saturated heterocycles. The van der Waals surface area contributed by atoms with Crippen LogP contribution in [0.25, 0.3) is 0 Å². The Balaban J connectivity index is 2.28. The molecule has 0 unspecified atom stereocenters. The zero-order valence-corrected chi connectivity index (χ0v) is 10.0. The summed E-state index contributed by atoms with van der Waals surface area (Å²) in [5.41, 5.74) is 7.54. The van der Waals surface area contributed by atoms with E-state index in [0.29, 0.717) is 0 Å². The van der Waals surface area contributed by atoms with Gasteiger partial charge in [-0.1, -0.05) is 30.3 Å². The highest BCUT2D eigenvalue weighted by Crippen LogP contribution is 2.35. The van der Waals surface area contributed by atoms with Gasteiger partial charge >= 0.3 is 0 Å². The summed E-state index contributed by atoms with van der Waals surface area (Å²) in [5, 5.41) is 0. The minimum atomic E-state index is -0.0542. The average molecular weight is 220 g/mol. The van der Waals surface area contributed by atoms with E-state index >= 15 is 0 Å². The Bertz CT molecular complexity index is 331. The molecule has 1 fully saturated rings. The molecule has 1 aromatic carbocycles. The van der Waals surface area contributed by atoms with Crippen LogP contribution >= 0.6 is 0 Å². The molecule has 1 aliphatic heterocycles. The third kappa shape index (κ3) is 1.86. The highest BCUT2D eigenvalue weighted by Gasteiger charge is 2.43. The van der Waals surface area contributed by atoms with Crippen molar-refractivity contribution in [2.45, 2.75) is 18.0 Å². The Morgan fingerprint density at radius 2 is 2.00 bits per heavy atom. The van der Waals surface area contributed by atoms with Gasteiger partial charge in [0.25, 0.3) is 0 Å². The molecule has 2 rings (SSSR count). The minimum absolute atomic E-state index is 0.00574. The molecule has 0 aliphatic carbocycles. The summed E-state index contributed by atoms with van der Waals surface area (Å²) in [4.78, 5) is 2.21. The summed E-state index contributed by atoms with van der Waals surface area (Å²) in [6.07, 6.45) is 0.996. The quantitative estimate of drug-likeness (QED) is 0.837. The van der Waals surface area contributed by atoms with Gasteiger partial charge in [0.2, 0.25) is 0 Å². The number of hydrogen-bond donors (Lipinski definition) is 1. The van der Waals surface area contributed by atoms with Crippen LogP contribution in [0.1, 0.15) is 18.0 Å². The number of benzene rings is 1. The molecule has 1 aliphatic rings.